The van der Waals surface area contributed by atoms with E-state index < -0.39 is 0 Å². The van der Waals surface area contributed by atoms with Crippen molar-refractivity contribution in [2.75, 3.05) is 5.73 Å². The van der Waals surface area contributed by atoms with Crippen molar-refractivity contribution in [3.05, 3.63) is 59.1 Å². The number of para-hydroxylation sites is 1. The van der Waals surface area contributed by atoms with Gasteiger partial charge in [-0.05, 0) is 36.0 Å². The minimum atomic E-state index is 0.468. The number of hydrogen-bond donors (Lipinski definition) is 1. The van der Waals surface area contributed by atoms with Gasteiger partial charge in [-0.1, -0.05) is 46.3 Å². The fourth-order valence-corrected chi connectivity index (χ4v) is 2.93. The van der Waals surface area contributed by atoms with Crippen LogP contribution in [0, 0.1) is 10.7 Å². The molecule has 0 radical (unpaired) electrons. The standard InChI is InChI=1S/C16H11BrN4S/c17-12-8-6-11(7-9-12)14-15(22-10-18)16(19)21(20-14)13-4-2-1-3-5-13/h1-9H,19H2. The van der Waals surface area contributed by atoms with Gasteiger partial charge in [0.2, 0.25) is 0 Å². The van der Waals surface area contributed by atoms with Gasteiger partial charge in [0.15, 0.2) is 0 Å². The van der Waals surface area contributed by atoms with Crippen molar-refractivity contribution in [3.63, 3.8) is 0 Å². The first-order valence-corrected chi connectivity index (χ1v) is 8.07. The molecule has 0 saturated heterocycles. The minimum Gasteiger partial charge on any atom is -0.383 e. The van der Waals surface area contributed by atoms with E-state index in [4.69, 9.17) is 11.0 Å². The molecule has 0 spiro atoms. The van der Waals surface area contributed by atoms with Crippen LogP contribution in [0.5, 0.6) is 0 Å². The molecule has 3 aromatic rings. The molecule has 1 heterocycles. The second kappa shape index (κ2) is 6.26. The third kappa shape index (κ3) is 2.73. The Balaban J connectivity index is 2.18. The molecule has 0 unspecified atom stereocenters. The predicted molar refractivity (Wildman–Crippen MR) is 92.6 cm³/mol. The van der Waals surface area contributed by atoms with Crippen molar-refractivity contribution >= 4 is 33.5 Å². The average molecular weight is 371 g/mol. The Morgan fingerprint density at radius 1 is 1.09 bits per heavy atom. The van der Waals surface area contributed by atoms with Crippen LogP contribution in [0.25, 0.3) is 16.9 Å². The molecule has 0 aliphatic rings. The summed E-state index contributed by atoms with van der Waals surface area (Å²) in [7, 11) is 0. The van der Waals surface area contributed by atoms with E-state index in [0.717, 1.165) is 27.5 Å². The molecule has 3 rings (SSSR count). The number of nitrogens with two attached hydrogens (primary N) is 1. The summed E-state index contributed by atoms with van der Waals surface area (Å²) in [5.41, 5.74) is 8.70. The van der Waals surface area contributed by atoms with Crippen molar-refractivity contribution in [2.24, 2.45) is 0 Å². The maximum absolute atomic E-state index is 9.05. The fourth-order valence-electron chi connectivity index (χ4n) is 2.13. The van der Waals surface area contributed by atoms with Crippen LogP contribution in [0.1, 0.15) is 0 Å². The number of nitrogen functional groups attached to an aromatic ring is 1. The van der Waals surface area contributed by atoms with Gasteiger partial charge in [-0.3, -0.25) is 0 Å². The molecule has 108 valence electrons. The molecule has 1 aromatic heterocycles. The first-order chi connectivity index (χ1) is 10.7. The number of halogens is 1. The van der Waals surface area contributed by atoms with Gasteiger partial charge in [0.25, 0.3) is 0 Å². The number of thioether (sulfide) groups is 1. The molecule has 0 aliphatic carbocycles. The average Bonchev–Trinajstić information content (AvgIpc) is 2.87. The Morgan fingerprint density at radius 2 is 1.77 bits per heavy atom. The molecule has 22 heavy (non-hydrogen) atoms. The van der Waals surface area contributed by atoms with Crippen LogP contribution >= 0.6 is 27.7 Å². The second-order valence-corrected chi connectivity index (χ2v) is 6.22. The van der Waals surface area contributed by atoms with Gasteiger partial charge in [0.1, 0.15) is 16.9 Å². The van der Waals surface area contributed by atoms with Crippen LogP contribution in [0.3, 0.4) is 0 Å². The van der Waals surface area contributed by atoms with Gasteiger partial charge in [-0.25, -0.2) is 4.68 Å². The molecular weight excluding hydrogens is 360 g/mol. The van der Waals surface area contributed by atoms with E-state index in [2.05, 4.69) is 26.4 Å². The number of hydrogen-bond acceptors (Lipinski definition) is 4. The molecular formula is C16H11BrN4S. The smallest absolute Gasteiger partial charge is 0.142 e. The summed E-state index contributed by atoms with van der Waals surface area (Å²) >= 11 is 4.44. The van der Waals surface area contributed by atoms with E-state index in [0.29, 0.717) is 16.4 Å². The van der Waals surface area contributed by atoms with Gasteiger partial charge in [-0.2, -0.15) is 10.4 Å². The lowest BCUT2D eigenvalue weighted by Gasteiger charge is -2.02. The van der Waals surface area contributed by atoms with E-state index in [9.17, 15) is 0 Å². The van der Waals surface area contributed by atoms with Crippen molar-refractivity contribution in [3.8, 4) is 22.3 Å². The lowest BCUT2D eigenvalue weighted by Crippen LogP contribution is -2.01. The van der Waals surface area contributed by atoms with Crippen molar-refractivity contribution in [2.45, 2.75) is 4.90 Å². The van der Waals surface area contributed by atoms with Gasteiger partial charge in [0, 0.05) is 10.0 Å². The summed E-state index contributed by atoms with van der Waals surface area (Å²) in [6.45, 7) is 0. The molecule has 0 bridgehead atoms. The van der Waals surface area contributed by atoms with E-state index in [1.165, 1.54) is 0 Å². The van der Waals surface area contributed by atoms with Crippen LogP contribution in [0.4, 0.5) is 5.82 Å². The maximum Gasteiger partial charge on any atom is 0.142 e. The van der Waals surface area contributed by atoms with Gasteiger partial charge >= 0.3 is 0 Å². The molecule has 0 saturated carbocycles. The minimum absolute atomic E-state index is 0.468. The Bertz CT molecular complexity index is 835. The van der Waals surface area contributed by atoms with Gasteiger partial charge < -0.3 is 5.73 Å². The highest BCUT2D eigenvalue weighted by Gasteiger charge is 2.18. The van der Waals surface area contributed by atoms with E-state index in [1.807, 2.05) is 54.6 Å². The Morgan fingerprint density at radius 3 is 2.41 bits per heavy atom. The molecule has 0 aliphatic heterocycles. The number of anilines is 1. The highest BCUT2D eigenvalue weighted by molar-refractivity contribution is 9.10. The zero-order valence-corrected chi connectivity index (χ0v) is 13.8. The first kappa shape index (κ1) is 14.7. The normalized spacial score (nSPS) is 10.4. The zero-order chi connectivity index (χ0) is 15.5. The SMILES string of the molecule is N#CSc1c(-c2ccc(Br)cc2)nn(-c2ccccc2)c1N. The summed E-state index contributed by atoms with van der Waals surface area (Å²) in [6.07, 6.45) is 0. The second-order valence-electron chi connectivity index (χ2n) is 4.51. The van der Waals surface area contributed by atoms with Crippen LogP contribution in [0.2, 0.25) is 0 Å². The zero-order valence-electron chi connectivity index (χ0n) is 11.4. The number of nitriles is 1. The molecule has 0 fully saturated rings. The summed E-state index contributed by atoms with van der Waals surface area (Å²) in [6, 6.07) is 17.4. The summed E-state index contributed by atoms with van der Waals surface area (Å²) < 4.78 is 2.65. The summed E-state index contributed by atoms with van der Waals surface area (Å²) in [5.74, 6) is 0.468. The molecule has 2 aromatic carbocycles. The molecule has 0 amide bonds. The molecule has 6 heteroatoms. The monoisotopic (exact) mass is 370 g/mol. The Hall–Kier alpha value is -2.23. The Labute approximate surface area is 140 Å². The quantitative estimate of drug-likeness (QED) is 0.545. The van der Waals surface area contributed by atoms with Crippen molar-refractivity contribution in [1.82, 2.24) is 9.78 Å². The highest BCUT2D eigenvalue weighted by atomic mass is 79.9. The number of nitrogens with zero attached hydrogens (tertiary/aromatic N) is 3. The van der Waals surface area contributed by atoms with E-state index in [1.54, 1.807) is 4.68 Å². The van der Waals surface area contributed by atoms with Gasteiger partial charge in [-0.15, -0.1) is 0 Å². The largest absolute Gasteiger partial charge is 0.383 e. The number of benzene rings is 2. The summed E-state index contributed by atoms with van der Waals surface area (Å²) in [5, 5.41) is 15.7. The lowest BCUT2D eigenvalue weighted by molar-refractivity contribution is 0.895. The predicted octanol–water partition coefficient (Wildman–Crippen LogP) is 4.46. The van der Waals surface area contributed by atoms with Crippen molar-refractivity contribution in [1.29, 1.82) is 5.26 Å². The molecule has 2 N–H and O–H groups in total. The number of thiocyanates is 1. The fraction of sp³-hybridized carbons (Fsp3) is 0. The lowest BCUT2D eigenvalue weighted by atomic mass is 10.1. The van der Waals surface area contributed by atoms with Crippen LogP contribution in [-0.2, 0) is 0 Å². The highest BCUT2D eigenvalue weighted by Crippen LogP contribution is 2.36. The van der Waals surface area contributed by atoms with Crippen LogP contribution in [-0.4, -0.2) is 9.78 Å². The molecule has 0 atom stereocenters. The molecule has 4 nitrogen and oxygen atoms in total. The third-order valence-electron chi connectivity index (χ3n) is 3.14. The first-order valence-electron chi connectivity index (χ1n) is 6.46. The van der Waals surface area contributed by atoms with E-state index in [-0.39, 0.29) is 0 Å². The number of rotatable bonds is 3. The van der Waals surface area contributed by atoms with Crippen LogP contribution in [0.15, 0.2) is 64.0 Å². The van der Waals surface area contributed by atoms with Gasteiger partial charge in [0.05, 0.1) is 10.6 Å². The van der Waals surface area contributed by atoms with Crippen LogP contribution < -0.4 is 5.73 Å². The third-order valence-corrected chi connectivity index (χ3v) is 4.37. The van der Waals surface area contributed by atoms with E-state index >= 15 is 0 Å². The maximum atomic E-state index is 9.05. The topological polar surface area (TPSA) is 67.6 Å². The Kier molecular flexibility index (Phi) is 4.18. The van der Waals surface area contributed by atoms with Crippen molar-refractivity contribution < 1.29 is 0 Å². The number of aromatic nitrogens is 2. The summed E-state index contributed by atoms with van der Waals surface area (Å²) in [4.78, 5) is 0.675.